The van der Waals surface area contributed by atoms with Gasteiger partial charge in [0.05, 0.1) is 12.1 Å². The van der Waals surface area contributed by atoms with Crippen molar-refractivity contribution < 1.29 is 5.11 Å². The minimum absolute atomic E-state index is 0.0660. The lowest BCUT2D eigenvalue weighted by atomic mass is 10.1. The molecule has 1 aromatic carbocycles. The van der Waals surface area contributed by atoms with Crippen LogP contribution in [0.2, 0.25) is 5.02 Å². The van der Waals surface area contributed by atoms with E-state index < -0.39 is 0 Å². The van der Waals surface area contributed by atoms with E-state index in [1.165, 1.54) is 0 Å². The van der Waals surface area contributed by atoms with E-state index in [-0.39, 0.29) is 12.6 Å². The molecule has 17 heavy (non-hydrogen) atoms. The summed E-state index contributed by atoms with van der Waals surface area (Å²) in [4.78, 5) is 4.27. The lowest BCUT2D eigenvalue weighted by Crippen LogP contribution is -2.22. The van der Waals surface area contributed by atoms with Crippen LogP contribution >= 0.6 is 11.6 Å². The number of aliphatic hydroxyl groups is 1. The average Bonchev–Trinajstić information content (AvgIpc) is 2.35. The van der Waals surface area contributed by atoms with Crippen molar-refractivity contribution in [2.45, 2.75) is 19.4 Å². The van der Waals surface area contributed by atoms with Crippen LogP contribution in [-0.2, 0) is 0 Å². The smallest absolute Gasteiger partial charge is 0.0737 e. The SMILES string of the molecule is CC[C@H](CO)Nc1ccnc2cc(Cl)ccc12. The van der Waals surface area contributed by atoms with E-state index >= 15 is 0 Å². The standard InChI is InChI=1S/C13H15ClN2O/c1-2-10(8-17)16-12-5-6-15-13-7-9(14)3-4-11(12)13/h3-7,10,17H,2,8H2,1H3,(H,15,16)/t10-/m1/s1. The molecule has 4 heteroatoms. The summed E-state index contributed by atoms with van der Waals surface area (Å²) in [6.45, 7) is 2.15. The molecule has 0 fully saturated rings. The molecule has 3 nitrogen and oxygen atoms in total. The van der Waals surface area contributed by atoms with Gasteiger partial charge in [0.15, 0.2) is 0 Å². The van der Waals surface area contributed by atoms with Crippen LogP contribution in [0.1, 0.15) is 13.3 Å². The van der Waals surface area contributed by atoms with Gasteiger partial charge in [0.25, 0.3) is 0 Å². The van der Waals surface area contributed by atoms with Gasteiger partial charge in [-0.05, 0) is 30.7 Å². The van der Waals surface area contributed by atoms with Gasteiger partial charge in [-0.2, -0.15) is 0 Å². The van der Waals surface area contributed by atoms with Crippen LogP contribution in [0.3, 0.4) is 0 Å². The highest BCUT2D eigenvalue weighted by Gasteiger charge is 2.07. The van der Waals surface area contributed by atoms with Crippen LogP contribution in [0.4, 0.5) is 5.69 Å². The van der Waals surface area contributed by atoms with Crippen LogP contribution < -0.4 is 5.32 Å². The third-order valence-corrected chi connectivity index (χ3v) is 3.01. The Hall–Kier alpha value is -1.32. The number of rotatable bonds is 4. The van der Waals surface area contributed by atoms with Gasteiger partial charge in [0, 0.05) is 28.3 Å². The van der Waals surface area contributed by atoms with Crippen molar-refractivity contribution >= 4 is 28.2 Å². The van der Waals surface area contributed by atoms with E-state index in [4.69, 9.17) is 11.6 Å². The molecule has 1 heterocycles. The summed E-state index contributed by atoms with van der Waals surface area (Å²) in [5, 5.41) is 14.2. The summed E-state index contributed by atoms with van der Waals surface area (Å²) in [6.07, 6.45) is 2.61. The van der Waals surface area contributed by atoms with Crippen molar-refractivity contribution in [1.29, 1.82) is 0 Å². The van der Waals surface area contributed by atoms with E-state index in [0.29, 0.717) is 5.02 Å². The molecule has 0 spiro atoms. The normalized spacial score (nSPS) is 12.6. The molecule has 0 unspecified atom stereocenters. The van der Waals surface area contributed by atoms with Gasteiger partial charge in [-0.1, -0.05) is 18.5 Å². The summed E-state index contributed by atoms with van der Waals surface area (Å²) in [5.41, 5.74) is 1.84. The van der Waals surface area contributed by atoms with Gasteiger partial charge in [-0.15, -0.1) is 0 Å². The largest absolute Gasteiger partial charge is 0.394 e. The van der Waals surface area contributed by atoms with Crippen LogP contribution in [0, 0.1) is 0 Å². The quantitative estimate of drug-likeness (QED) is 0.877. The number of nitrogens with zero attached hydrogens (tertiary/aromatic N) is 1. The maximum Gasteiger partial charge on any atom is 0.0737 e. The Morgan fingerprint density at radius 2 is 2.24 bits per heavy atom. The second-order valence-corrected chi connectivity index (χ2v) is 4.39. The summed E-state index contributed by atoms with van der Waals surface area (Å²) in [6, 6.07) is 7.60. The van der Waals surface area contributed by atoms with Gasteiger partial charge < -0.3 is 10.4 Å². The van der Waals surface area contributed by atoms with Gasteiger partial charge in [0.1, 0.15) is 0 Å². The lowest BCUT2D eigenvalue weighted by molar-refractivity contribution is 0.272. The first kappa shape index (κ1) is 12.1. The Morgan fingerprint density at radius 3 is 2.94 bits per heavy atom. The molecule has 2 rings (SSSR count). The van der Waals surface area contributed by atoms with Crippen molar-refractivity contribution in [3.63, 3.8) is 0 Å². The van der Waals surface area contributed by atoms with Gasteiger partial charge >= 0.3 is 0 Å². The zero-order valence-electron chi connectivity index (χ0n) is 9.65. The van der Waals surface area contributed by atoms with Crippen LogP contribution in [-0.4, -0.2) is 22.7 Å². The summed E-state index contributed by atoms with van der Waals surface area (Å²) in [5.74, 6) is 0. The van der Waals surface area contributed by atoms with E-state index in [1.54, 1.807) is 6.20 Å². The third-order valence-electron chi connectivity index (χ3n) is 2.78. The van der Waals surface area contributed by atoms with Crippen molar-refractivity contribution in [2.24, 2.45) is 0 Å². The Kier molecular flexibility index (Phi) is 3.82. The highest BCUT2D eigenvalue weighted by Crippen LogP contribution is 2.25. The molecule has 90 valence electrons. The van der Waals surface area contributed by atoms with Crippen molar-refractivity contribution in [1.82, 2.24) is 4.98 Å². The molecule has 0 saturated carbocycles. The molecule has 0 aliphatic rings. The van der Waals surface area contributed by atoms with Crippen LogP contribution in [0.5, 0.6) is 0 Å². The molecule has 0 amide bonds. The third kappa shape index (κ3) is 2.68. The van der Waals surface area contributed by atoms with E-state index in [0.717, 1.165) is 23.0 Å². The first-order chi connectivity index (χ1) is 8.24. The average molecular weight is 251 g/mol. The van der Waals surface area contributed by atoms with E-state index in [2.05, 4.69) is 10.3 Å². The fourth-order valence-corrected chi connectivity index (χ4v) is 1.91. The molecular weight excluding hydrogens is 236 g/mol. The fourth-order valence-electron chi connectivity index (χ4n) is 1.74. The summed E-state index contributed by atoms with van der Waals surface area (Å²) < 4.78 is 0. The predicted molar refractivity (Wildman–Crippen MR) is 71.5 cm³/mol. The van der Waals surface area contributed by atoms with Crippen LogP contribution in [0.15, 0.2) is 30.5 Å². The first-order valence-electron chi connectivity index (χ1n) is 5.66. The summed E-state index contributed by atoms with van der Waals surface area (Å²) >= 11 is 5.93. The topological polar surface area (TPSA) is 45.1 Å². The first-order valence-corrected chi connectivity index (χ1v) is 6.04. The Bertz CT molecular complexity index is 512. The van der Waals surface area contributed by atoms with Gasteiger partial charge in [-0.25, -0.2) is 0 Å². The van der Waals surface area contributed by atoms with E-state index in [1.807, 2.05) is 31.2 Å². The van der Waals surface area contributed by atoms with E-state index in [9.17, 15) is 5.11 Å². The Morgan fingerprint density at radius 1 is 1.41 bits per heavy atom. The van der Waals surface area contributed by atoms with Crippen molar-refractivity contribution in [3.05, 3.63) is 35.5 Å². The molecule has 0 aliphatic heterocycles. The van der Waals surface area contributed by atoms with Gasteiger partial charge in [-0.3, -0.25) is 4.98 Å². The number of aliphatic hydroxyl groups excluding tert-OH is 1. The minimum atomic E-state index is 0.0660. The molecule has 0 radical (unpaired) electrons. The second kappa shape index (κ2) is 5.34. The molecular formula is C13H15ClN2O. The number of hydrogen-bond donors (Lipinski definition) is 2. The molecule has 0 bridgehead atoms. The second-order valence-electron chi connectivity index (χ2n) is 3.95. The minimum Gasteiger partial charge on any atom is -0.394 e. The number of aromatic nitrogens is 1. The molecule has 0 saturated heterocycles. The van der Waals surface area contributed by atoms with Crippen molar-refractivity contribution in [3.8, 4) is 0 Å². The predicted octanol–water partition coefficient (Wildman–Crippen LogP) is 3.07. The monoisotopic (exact) mass is 250 g/mol. The molecule has 1 atom stereocenters. The summed E-state index contributed by atoms with van der Waals surface area (Å²) in [7, 11) is 0. The van der Waals surface area contributed by atoms with Crippen molar-refractivity contribution in [2.75, 3.05) is 11.9 Å². The maximum absolute atomic E-state index is 9.20. The Balaban J connectivity index is 2.40. The molecule has 1 aromatic heterocycles. The number of fused-ring (bicyclic) bond motifs is 1. The Labute approximate surface area is 105 Å². The lowest BCUT2D eigenvalue weighted by Gasteiger charge is -2.16. The van der Waals surface area contributed by atoms with Crippen LogP contribution in [0.25, 0.3) is 10.9 Å². The highest BCUT2D eigenvalue weighted by atomic mass is 35.5. The highest BCUT2D eigenvalue weighted by molar-refractivity contribution is 6.31. The molecule has 0 aliphatic carbocycles. The fraction of sp³-hybridized carbons (Fsp3) is 0.308. The molecule has 2 aromatic rings. The number of nitrogens with one attached hydrogen (secondary N) is 1. The number of anilines is 1. The number of pyridine rings is 1. The zero-order chi connectivity index (χ0) is 12.3. The zero-order valence-corrected chi connectivity index (χ0v) is 10.4. The molecule has 2 N–H and O–H groups in total. The number of benzene rings is 1. The number of hydrogen-bond acceptors (Lipinski definition) is 3. The number of halogens is 1. The maximum atomic E-state index is 9.20. The van der Waals surface area contributed by atoms with Gasteiger partial charge in [0.2, 0.25) is 0 Å².